The zero-order valence-corrected chi connectivity index (χ0v) is 12.6. The van der Waals surface area contributed by atoms with Crippen molar-refractivity contribution in [2.75, 3.05) is 11.5 Å². The number of nitrogen functional groups attached to an aromatic ring is 2. The van der Waals surface area contributed by atoms with Crippen molar-refractivity contribution in [2.24, 2.45) is 0 Å². The molecule has 0 unspecified atom stereocenters. The molecule has 22 heavy (non-hydrogen) atoms. The average Bonchev–Trinajstić information content (AvgIpc) is 2.52. The molecule has 0 bridgehead atoms. The van der Waals surface area contributed by atoms with Gasteiger partial charge in [-0.25, -0.2) is 4.98 Å². The summed E-state index contributed by atoms with van der Waals surface area (Å²) < 4.78 is 0. The Labute approximate surface area is 132 Å². The summed E-state index contributed by atoms with van der Waals surface area (Å²) in [5, 5.41) is 12.2. The molecule has 0 spiro atoms. The third kappa shape index (κ3) is 2.69. The summed E-state index contributed by atoms with van der Waals surface area (Å²) in [5.74, 6) is 1.03. The molecule has 0 radical (unpaired) electrons. The maximum absolute atomic E-state index is 9.23. The van der Waals surface area contributed by atoms with Crippen LogP contribution in [0.4, 0.5) is 11.5 Å². The van der Waals surface area contributed by atoms with E-state index in [9.17, 15) is 5.26 Å². The molecule has 3 aromatic rings. The first-order valence-electron chi connectivity index (χ1n) is 6.74. The molecule has 5 heteroatoms. The van der Waals surface area contributed by atoms with E-state index in [4.69, 9.17) is 11.5 Å². The van der Waals surface area contributed by atoms with Crippen molar-refractivity contribution in [1.82, 2.24) is 4.98 Å². The Hall–Kier alpha value is -2.71. The molecule has 4 N–H and O–H groups in total. The molecule has 108 valence electrons. The van der Waals surface area contributed by atoms with Gasteiger partial charge in [-0.2, -0.15) is 5.26 Å². The fraction of sp³-hybridized carbons (Fsp3) is 0.0588. The average molecular weight is 306 g/mol. The molecule has 3 rings (SSSR count). The number of pyridine rings is 1. The number of hydrogen-bond donors (Lipinski definition) is 2. The van der Waals surface area contributed by atoms with Crippen LogP contribution in [-0.4, -0.2) is 4.98 Å². The number of nitriles is 1. The largest absolute Gasteiger partial charge is 0.397 e. The van der Waals surface area contributed by atoms with E-state index in [-0.39, 0.29) is 0 Å². The summed E-state index contributed by atoms with van der Waals surface area (Å²) in [5.41, 5.74) is 13.5. The monoisotopic (exact) mass is 306 g/mol. The number of aromatic nitrogens is 1. The van der Waals surface area contributed by atoms with Gasteiger partial charge in [-0.3, -0.25) is 0 Å². The van der Waals surface area contributed by atoms with E-state index in [1.54, 1.807) is 0 Å². The minimum Gasteiger partial charge on any atom is -0.397 e. The third-order valence-corrected chi connectivity index (χ3v) is 4.42. The van der Waals surface area contributed by atoms with Gasteiger partial charge in [0, 0.05) is 11.8 Å². The Balaban J connectivity index is 1.94. The zero-order chi connectivity index (χ0) is 15.5. The summed E-state index contributed by atoms with van der Waals surface area (Å²) >= 11 is 1.47. The van der Waals surface area contributed by atoms with Gasteiger partial charge in [-0.05, 0) is 16.3 Å². The molecule has 0 atom stereocenters. The standard InChI is InChI=1S/C17H14N4S/c18-9-14-15(19)8-16(20)21-17(14)22-10-12-6-3-5-11-4-1-2-7-13(11)12/h1-8H,10H2,(H4,19,20,21). The normalized spacial score (nSPS) is 10.5. The van der Waals surface area contributed by atoms with Crippen LogP contribution in [0.1, 0.15) is 11.1 Å². The van der Waals surface area contributed by atoms with E-state index >= 15 is 0 Å². The number of nitrogens with two attached hydrogens (primary N) is 2. The molecule has 0 aliphatic rings. The summed E-state index contributed by atoms with van der Waals surface area (Å²) in [6.45, 7) is 0. The highest BCUT2D eigenvalue weighted by Gasteiger charge is 2.11. The topological polar surface area (TPSA) is 88.7 Å². The van der Waals surface area contributed by atoms with Gasteiger partial charge in [0.2, 0.25) is 0 Å². The van der Waals surface area contributed by atoms with Crippen molar-refractivity contribution in [3.8, 4) is 6.07 Å². The highest BCUT2D eigenvalue weighted by Crippen LogP contribution is 2.31. The second-order valence-corrected chi connectivity index (χ2v) is 5.82. The van der Waals surface area contributed by atoms with Gasteiger partial charge in [-0.1, -0.05) is 42.5 Å². The Morgan fingerprint density at radius 1 is 1.09 bits per heavy atom. The maximum atomic E-state index is 9.23. The number of rotatable bonds is 3. The van der Waals surface area contributed by atoms with Crippen LogP contribution in [0.25, 0.3) is 10.8 Å². The molecule has 4 nitrogen and oxygen atoms in total. The summed E-state index contributed by atoms with van der Waals surface area (Å²) in [4.78, 5) is 4.24. The number of thioether (sulfide) groups is 1. The second-order valence-electron chi connectivity index (χ2n) is 4.86. The SMILES string of the molecule is N#Cc1c(N)cc(N)nc1SCc1cccc2ccccc12. The lowest BCUT2D eigenvalue weighted by atomic mass is 10.1. The van der Waals surface area contributed by atoms with Crippen molar-refractivity contribution in [1.29, 1.82) is 5.26 Å². The molecule has 1 aromatic heterocycles. The van der Waals surface area contributed by atoms with Gasteiger partial charge in [0.05, 0.1) is 5.69 Å². The molecule has 0 amide bonds. The fourth-order valence-corrected chi connectivity index (χ4v) is 3.36. The minimum atomic E-state index is 0.330. The highest BCUT2D eigenvalue weighted by molar-refractivity contribution is 7.98. The lowest BCUT2D eigenvalue weighted by Gasteiger charge is -2.09. The number of hydrogen-bond acceptors (Lipinski definition) is 5. The van der Waals surface area contributed by atoms with Crippen molar-refractivity contribution in [3.63, 3.8) is 0 Å². The highest BCUT2D eigenvalue weighted by atomic mass is 32.2. The Morgan fingerprint density at radius 3 is 2.68 bits per heavy atom. The van der Waals surface area contributed by atoms with Crippen LogP contribution in [0.5, 0.6) is 0 Å². The quantitative estimate of drug-likeness (QED) is 0.722. The number of fused-ring (bicyclic) bond motifs is 1. The van der Waals surface area contributed by atoms with Gasteiger partial charge in [0.25, 0.3) is 0 Å². The van der Waals surface area contributed by atoms with E-state index < -0.39 is 0 Å². The van der Waals surface area contributed by atoms with Gasteiger partial charge in [0.15, 0.2) is 0 Å². The van der Waals surface area contributed by atoms with Crippen LogP contribution >= 0.6 is 11.8 Å². The Bertz CT molecular complexity index is 878. The van der Waals surface area contributed by atoms with Crippen LogP contribution in [0.15, 0.2) is 53.6 Å². The fourth-order valence-electron chi connectivity index (χ4n) is 2.34. The second kappa shape index (κ2) is 5.96. The van der Waals surface area contributed by atoms with E-state index in [1.807, 2.05) is 18.2 Å². The summed E-state index contributed by atoms with van der Waals surface area (Å²) in [6, 6.07) is 18.0. The van der Waals surface area contributed by atoms with Crippen molar-refractivity contribution in [3.05, 3.63) is 59.7 Å². The lowest BCUT2D eigenvalue weighted by molar-refractivity contribution is 1.12. The minimum absolute atomic E-state index is 0.330. The Kier molecular flexibility index (Phi) is 3.86. The van der Waals surface area contributed by atoms with E-state index in [0.717, 1.165) is 0 Å². The first kappa shape index (κ1) is 14.2. The first-order valence-corrected chi connectivity index (χ1v) is 7.73. The van der Waals surface area contributed by atoms with Gasteiger partial charge in [0.1, 0.15) is 22.5 Å². The van der Waals surface area contributed by atoms with Crippen molar-refractivity contribution >= 4 is 34.0 Å². The molecular formula is C17H14N4S. The van der Waals surface area contributed by atoms with E-state index in [0.29, 0.717) is 27.8 Å². The molecule has 0 saturated carbocycles. The first-order chi connectivity index (χ1) is 10.7. The molecule has 0 aliphatic carbocycles. The van der Waals surface area contributed by atoms with Crippen molar-refractivity contribution < 1.29 is 0 Å². The molecular weight excluding hydrogens is 292 g/mol. The third-order valence-electron chi connectivity index (χ3n) is 3.39. The van der Waals surface area contributed by atoms with Crippen LogP contribution in [0, 0.1) is 11.3 Å². The molecule has 1 heterocycles. The van der Waals surface area contributed by atoms with Crippen LogP contribution < -0.4 is 11.5 Å². The summed E-state index contributed by atoms with van der Waals surface area (Å²) in [6.07, 6.45) is 0. The molecule has 2 aromatic carbocycles. The van der Waals surface area contributed by atoms with Crippen LogP contribution in [0.2, 0.25) is 0 Å². The van der Waals surface area contributed by atoms with Crippen LogP contribution in [0.3, 0.4) is 0 Å². The Morgan fingerprint density at radius 2 is 1.86 bits per heavy atom. The van der Waals surface area contributed by atoms with E-state index in [1.165, 1.54) is 34.2 Å². The number of nitrogens with zero attached hydrogens (tertiary/aromatic N) is 2. The van der Waals surface area contributed by atoms with Gasteiger partial charge in [-0.15, -0.1) is 11.8 Å². The molecule has 0 fully saturated rings. The number of anilines is 2. The number of benzene rings is 2. The maximum Gasteiger partial charge on any atom is 0.126 e. The smallest absolute Gasteiger partial charge is 0.126 e. The van der Waals surface area contributed by atoms with Gasteiger partial charge >= 0.3 is 0 Å². The lowest BCUT2D eigenvalue weighted by Crippen LogP contribution is -2.00. The molecule has 0 aliphatic heterocycles. The predicted octanol–water partition coefficient (Wildman–Crippen LogP) is 3.56. The predicted molar refractivity (Wildman–Crippen MR) is 91.3 cm³/mol. The summed E-state index contributed by atoms with van der Waals surface area (Å²) in [7, 11) is 0. The van der Waals surface area contributed by atoms with Gasteiger partial charge < -0.3 is 11.5 Å². The van der Waals surface area contributed by atoms with Crippen molar-refractivity contribution in [2.45, 2.75) is 10.8 Å². The van der Waals surface area contributed by atoms with Crippen LogP contribution in [-0.2, 0) is 5.75 Å². The zero-order valence-electron chi connectivity index (χ0n) is 11.8. The van der Waals surface area contributed by atoms with E-state index in [2.05, 4.69) is 35.3 Å². The molecule has 0 saturated heterocycles.